The zero-order valence-electron chi connectivity index (χ0n) is 16.1. The summed E-state index contributed by atoms with van der Waals surface area (Å²) in [4.78, 5) is 13.1. The van der Waals surface area contributed by atoms with Gasteiger partial charge in [-0.05, 0) is 17.2 Å². The minimum Gasteiger partial charge on any atom is -0.514 e. The molecule has 156 valence electrons. The molecule has 0 saturated heterocycles. The van der Waals surface area contributed by atoms with Crippen molar-refractivity contribution in [2.24, 2.45) is 4.99 Å². The third kappa shape index (κ3) is 3.47. The molecule has 1 N–H and O–H groups in total. The number of fused-ring (bicyclic) bond motifs is 4. The molecule has 31 heavy (non-hydrogen) atoms. The number of pyridine rings is 2. The van der Waals surface area contributed by atoms with Gasteiger partial charge in [-0.3, -0.25) is 9.98 Å². The van der Waals surface area contributed by atoms with Crippen LogP contribution in [0.15, 0.2) is 72.0 Å². The van der Waals surface area contributed by atoms with Crippen LogP contribution in [-0.4, -0.2) is 27.1 Å². The maximum absolute atomic E-state index is 9.98. The minimum absolute atomic E-state index is 0. The summed E-state index contributed by atoms with van der Waals surface area (Å²) >= 11 is 0. The predicted octanol–water partition coefficient (Wildman–Crippen LogP) is 4.37. The smallest absolute Gasteiger partial charge is 0.217 e. The molecule has 0 bridgehead atoms. The van der Waals surface area contributed by atoms with Crippen molar-refractivity contribution in [1.29, 1.82) is 0 Å². The summed E-state index contributed by atoms with van der Waals surface area (Å²) in [6, 6.07) is 20.7. The van der Waals surface area contributed by atoms with Crippen LogP contribution in [0, 0.1) is 6.07 Å². The Morgan fingerprint density at radius 3 is 2.87 bits per heavy atom. The second-order valence-electron chi connectivity index (χ2n) is 7.35. The van der Waals surface area contributed by atoms with Crippen molar-refractivity contribution < 1.29 is 35.6 Å². The number of nitrogens with zero attached hydrogens (tertiary/aromatic N) is 3. The topological polar surface area (TPSA) is 76.8 Å². The standard InChI is InChI=1S/C24H16N3O3.Pt/c28-19-13-25-12-16-8-9-21(26-22(16)19)29-17-6-3-5-15(10-17)24-27-23-18-7-2-1-4-14(18)11-20(23)30-24;/h1-9,12-13,20,23,28H,11H2;/q-1;/t20-,23+;/m1./s1. The number of benzene rings is 2. The number of hydrogen-bond acceptors (Lipinski definition) is 6. The Balaban J connectivity index is 0.00000204. The number of hydrogen-bond donors (Lipinski definition) is 1. The van der Waals surface area contributed by atoms with E-state index >= 15 is 0 Å². The van der Waals surface area contributed by atoms with Gasteiger partial charge in [-0.15, -0.1) is 18.2 Å². The van der Waals surface area contributed by atoms with Gasteiger partial charge >= 0.3 is 0 Å². The second kappa shape index (κ2) is 7.78. The molecule has 0 unspecified atom stereocenters. The van der Waals surface area contributed by atoms with E-state index in [1.54, 1.807) is 24.4 Å². The van der Waals surface area contributed by atoms with Crippen LogP contribution in [-0.2, 0) is 32.2 Å². The average Bonchev–Trinajstić information content (AvgIpc) is 3.33. The van der Waals surface area contributed by atoms with Crippen molar-refractivity contribution in [2.45, 2.75) is 18.6 Å². The average molecular weight is 589 g/mol. The predicted molar refractivity (Wildman–Crippen MR) is 111 cm³/mol. The molecule has 3 heterocycles. The first-order valence-corrected chi connectivity index (χ1v) is 9.71. The van der Waals surface area contributed by atoms with Crippen LogP contribution in [0.1, 0.15) is 22.7 Å². The van der Waals surface area contributed by atoms with Crippen LogP contribution in [0.25, 0.3) is 10.9 Å². The Labute approximate surface area is 192 Å². The summed E-state index contributed by atoms with van der Waals surface area (Å²) in [6.07, 6.45) is 3.90. The van der Waals surface area contributed by atoms with E-state index in [1.165, 1.54) is 17.3 Å². The number of aromatic nitrogens is 2. The van der Waals surface area contributed by atoms with Gasteiger partial charge in [0.25, 0.3) is 0 Å². The van der Waals surface area contributed by atoms with Gasteiger partial charge in [0.1, 0.15) is 23.6 Å². The minimum atomic E-state index is 0. The van der Waals surface area contributed by atoms with Crippen molar-refractivity contribution in [2.75, 3.05) is 0 Å². The molecule has 7 heteroatoms. The summed E-state index contributed by atoms with van der Waals surface area (Å²) in [5.74, 6) is 1.45. The van der Waals surface area contributed by atoms with Gasteiger partial charge in [0.05, 0.1) is 6.20 Å². The van der Waals surface area contributed by atoms with E-state index in [1.807, 2.05) is 18.2 Å². The van der Waals surface area contributed by atoms with Gasteiger partial charge < -0.3 is 14.6 Å². The first-order valence-electron chi connectivity index (χ1n) is 9.71. The Bertz CT molecular complexity index is 1320. The van der Waals surface area contributed by atoms with Gasteiger partial charge in [-0.2, -0.15) is 0 Å². The first-order chi connectivity index (χ1) is 14.7. The number of aliphatic imine (C=N–C) groups is 1. The largest absolute Gasteiger partial charge is 0.514 e. The molecule has 2 aromatic heterocycles. The Kier molecular flexibility index (Phi) is 4.95. The van der Waals surface area contributed by atoms with Gasteiger partial charge in [-0.1, -0.05) is 35.9 Å². The maximum atomic E-state index is 9.98. The van der Waals surface area contributed by atoms with Crippen LogP contribution in [0.5, 0.6) is 17.4 Å². The molecule has 2 atom stereocenters. The third-order valence-corrected chi connectivity index (χ3v) is 5.43. The molecule has 4 aromatic rings. The molecule has 6 nitrogen and oxygen atoms in total. The molecule has 0 amide bonds. The zero-order valence-corrected chi connectivity index (χ0v) is 18.4. The van der Waals surface area contributed by atoms with Crippen LogP contribution in [0.2, 0.25) is 0 Å². The second-order valence-corrected chi connectivity index (χ2v) is 7.35. The number of aromatic hydroxyl groups is 1. The van der Waals surface area contributed by atoms with E-state index < -0.39 is 0 Å². The quantitative estimate of drug-likeness (QED) is 0.360. The summed E-state index contributed by atoms with van der Waals surface area (Å²) in [6.45, 7) is 0. The Morgan fingerprint density at radius 1 is 1.03 bits per heavy atom. The van der Waals surface area contributed by atoms with E-state index in [-0.39, 0.29) is 39.0 Å². The number of rotatable bonds is 3. The molecule has 0 radical (unpaired) electrons. The molecule has 0 saturated carbocycles. The molecule has 2 aromatic carbocycles. The van der Waals surface area contributed by atoms with Crippen molar-refractivity contribution in [1.82, 2.24) is 9.97 Å². The Morgan fingerprint density at radius 2 is 1.94 bits per heavy atom. The van der Waals surface area contributed by atoms with Crippen molar-refractivity contribution >= 4 is 16.8 Å². The molecular formula is C24H16N3O3Pt-. The zero-order chi connectivity index (χ0) is 20.1. The molecule has 1 aliphatic heterocycles. The molecular weight excluding hydrogens is 573 g/mol. The molecule has 0 spiro atoms. The fourth-order valence-corrected chi connectivity index (χ4v) is 4.04. The van der Waals surface area contributed by atoms with E-state index in [0.717, 1.165) is 17.4 Å². The van der Waals surface area contributed by atoms with Crippen LogP contribution in [0.3, 0.4) is 0 Å². The van der Waals surface area contributed by atoms with Gasteiger partial charge in [0, 0.05) is 50.9 Å². The van der Waals surface area contributed by atoms with Crippen LogP contribution < -0.4 is 4.74 Å². The first kappa shape index (κ1) is 19.7. The SMILES string of the molecule is Oc1cncc2ccc(Oc3[c-]c(C4=N[C@H]5c6ccccc6C[C@H]5O4)ccc3)nc12.[Pt]. The van der Waals surface area contributed by atoms with Gasteiger partial charge in [0.2, 0.25) is 5.88 Å². The van der Waals surface area contributed by atoms with Crippen molar-refractivity contribution in [3.8, 4) is 17.4 Å². The fourth-order valence-electron chi connectivity index (χ4n) is 4.04. The fraction of sp³-hybridized carbons (Fsp3) is 0.125. The normalized spacial score (nSPS) is 18.5. The van der Waals surface area contributed by atoms with Gasteiger partial charge in [0.15, 0.2) is 5.75 Å². The monoisotopic (exact) mass is 589 g/mol. The van der Waals surface area contributed by atoms with Gasteiger partial charge in [-0.25, -0.2) is 4.98 Å². The van der Waals surface area contributed by atoms with E-state index in [4.69, 9.17) is 14.5 Å². The van der Waals surface area contributed by atoms with Crippen molar-refractivity contribution in [3.63, 3.8) is 0 Å². The molecule has 2 aliphatic rings. The summed E-state index contributed by atoms with van der Waals surface area (Å²) < 4.78 is 12.0. The number of ether oxygens (including phenoxy) is 2. The summed E-state index contributed by atoms with van der Waals surface area (Å²) in [5.41, 5.74) is 3.72. The van der Waals surface area contributed by atoms with E-state index in [2.05, 4.69) is 34.2 Å². The van der Waals surface area contributed by atoms with E-state index in [0.29, 0.717) is 23.0 Å². The van der Waals surface area contributed by atoms with E-state index in [9.17, 15) is 5.11 Å². The third-order valence-electron chi connectivity index (χ3n) is 5.43. The summed E-state index contributed by atoms with van der Waals surface area (Å²) in [5, 5.41) is 10.7. The summed E-state index contributed by atoms with van der Waals surface area (Å²) in [7, 11) is 0. The van der Waals surface area contributed by atoms with Crippen LogP contribution >= 0.6 is 0 Å². The molecule has 1 aliphatic carbocycles. The maximum Gasteiger partial charge on any atom is 0.217 e. The Hall–Kier alpha value is -3.24. The van der Waals surface area contributed by atoms with Crippen molar-refractivity contribution in [3.05, 3.63) is 89.7 Å². The molecule has 6 rings (SSSR count). The van der Waals surface area contributed by atoms with Crippen LogP contribution in [0.4, 0.5) is 0 Å². The molecule has 0 fully saturated rings.